The number of hydrogen-bond donors (Lipinski definition) is 0. The van der Waals surface area contributed by atoms with E-state index >= 15 is 0 Å². The molecule has 2 aromatic heterocycles. The molecule has 0 fully saturated rings. The van der Waals surface area contributed by atoms with Crippen molar-refractivity contribution in [2.75, 3.05) is 9.80 Å². The summed E-state index contributed by atoms with van der Waals surface area (Å²) < 4.78 is 6.73. The molecule has 264 valence electrons. The predicted molar refractivity (Wildman–Crippen MR) is 233 cm³/mol. The van der Waals surface area contributed by atoms with E-state index in [2.05, 4.69) is 191 Å². The molecule has 0 atom stereocenters. The Hall–Kier alpha value is -7.08. The third kappa shape index (κ3) is 5.28. The SMILES string of the molecule is c1ccc(-c2ccccc2N(c2ccc3c4c(cccc24)Sc2cc(N(c4ccccc4)c4cccnc4)ccc2-3)c2cccc3c2oc2ccccc23)cc1. The Labute approximate surface area is 328 Å². The molecule has 0 saturated heterocycles. The number of anilines is 6. The molecule has 0 bridgehead atoms. The third-order valence-electron chi connectivity index (χ3n) is 10.7. The zero-order valence-corrected chi connectivity index (χ0v) is 31.0. The molecule has 1 aliphatic heterocycles. The van der Waals surface area contributed by atoms with Crippen LogP contribution in [0.15, 0.2) is 215 Å². The van der Waals surface area contributed by atoms with Crippen LogP contribution in [0.2, 0.25) is 0 Å². The number of benzene rings is 8. The van der Waals surface area contributed by atoms with Crippen LogP contribution in [0.3, 0.4) is 0 Å². The first-order valence-electron chi connectivity index (χ1n) is 18.8. The number of fused-ring (bicyclic) bond motifs is 5. The van der Waals surface area contributed by atoms with Gasteiger partial charge in [0.25, 0.3) is 0 Å². The summed E-state index contributed by atoms with van der Waals surface area (Å²) in [6.45, 7) is 0. The van der Waals surface area contributed by atoms with Crippen LogP contribution in [0.25, 0.3) is 55.0 Å². The zero-order valence-electron chi connectivity index (χ0n) is 30.2. The van der Waals surface area contributed by atoms with E-state index in [1.54, 1.807) is 0 Å². The van der Waals surface area contributed by atoms with Crippen molar-refractivity contribution in [1.82, 2.24) is 4.98 Å². The van der Waals surface area contributed by atoms with Crippen molar-refractivity contribution in [3.63, 3.8) is 0 Å². The van der Waals surface area contributed by atoms with E-state index in [1.807, 2.05) is 36.3 Å². The monoisotopic (exact) mass is 735 g/mol. The van der Waals surface area contributed by atoms with E-state index in [0.717, 1.165) is 67.2 Å². The number of pyridine rings is 1. The summed E-state index contributed by atoms with van der Waals surface area (Å²) in [7, 11) is 0. The molecular formula is C51H33N3OS. The van der Waals surface area contributed by atoms with Crippen LogP contribution < -0.4 is 9.80 Å². The molecule has 3 heterocycles. The number of para-hydroxylation sites is 4. The van der Waals surface area contributed by atoms with Crippen LogP contribution >= 0.6 is 11.8 Å². The summed E-state index contributed by atoms with van der Waals surface area (Å²) in [5.41, 5.74) is 12.9. The smallest absolute Gasteiger partial charge is 0.159 e. The quantitative estimate of drug-likeness (QED) is 0.163. The molecule has 10 aromatic rings. The number of hydrogen-bond acceptors (Lipinski definition) is 5. The Morgan fingerprint density at radius 1 is 0.429 bits per heavy atom. The predicted octanol–water partition coefficient (Wildman–Crippen LogP) is 14.9. The Bertz CT molecular complexity index is 3030. The van der Waals surface area contributed by atoms with Crippen molar-refractivity contribution in [2.24, 2.45) is 0 Å². The topological polar surface area (TPSA) is 32.5 Å². The van der Waals surface area contributed by atoms with Crippen LogP contribution in [-0.2, 0) is 0 Å². The summed E-state index contributed by atoms with van der Waals surface area (Å²) in [6.07, 6.45) is 3.74. The van der Waals surface area contributed by atoms with E-state index in [0.29, 0.717) is 0 Å². The lowest BCUT2D eigenvalue weighted by atomic mass is 9.94. The fourth-order valence-electron chi connectivity index (χ4n) is 8.28. The minimum atomic E-state index is 0.862. The highest BCUT2D eigenvalue weighted by molar-refractivity contribution is 7.99. The van der Waals surface area contributed by atoms with Crippen molar-refractivity contribution < 1.29 is 4.42 Å². The van der Waals surface area contributed by atoms with E-state index in [-0.39, 0.29) is 0 Å². The highest BCUT2D eigenvalue weighted by atomic mass is 32.2. The molecule has 0 radical (unpaired) electrons. The minimum absolute atomic E-state index is 0.862. The maximum atomic E-state index is 6.73. The standard InChI is InChI=1S/C51H33N3OS/c1-3-14-34(15-4-1)38-19-7-9-23-44(38)54(46-24-11-21-42-39-20-8-10-25-47(39)55-51(42)46)45-30-29-41-40-28-27-36(32-49(40)56-48-26-12-22-43(45)50(41)48)53(35-16-5-2-6-17-35)37-18-13-31-52-33-37/h1-33H. The van der Waals surface area contributed by atoms with Crippen LogP contribution in [0.1, 0.15) is 0 Å². The molecule has 1 aliphatic rings. The van der Waals surface area contributed by atoms with Gasteiger partial charge < -0.3 is 14.2 Å². The minimum Gasteiger partial charge on any atom is -0.454 e. The summed E-state index contributed by atoms with van der Waals surface area (Å²) in [5.74, 6) is 0. The normalized spacial score (nSPS) is 11.9. The first-order valence-corrected chi connectivity index (χ1v) is 19.6. The summed E-state index contributed by atoms with van der Waals surface area (Å²) >= 11 is 1.84. The molecule has 8 aromatic carbocycles. The van der Waals surface area contributed by atoms with Crippen molar-refractivity contribution in [3.8, 4) is 22.3 Å². The molecule has 4 nitrogen and oxygen atoms in total. The average Bonchev–Trinajstić information content (AvgIpc) is 3.65. The van der Waals surface area contributed by atoms with Gasteiger partial charge in [-0.3, -0.25) is 4.98 Å². The van der Waals surface area contributed by atoms with Crippen LogP contribution in [0.4, 0.5) is 34.1 Å². The largest absolute Gasteiger partial charge is 0.454 e. The van der Waals surface area contributed by atoms with Gasteiger partial charge in [0.2, 0.25) is 0 Å². The van der Waals surface area contributed by atoms with Gasteiger partial charge in [-0.25, -0.2) is 0 Å². The van der Waals surface area contributed by atoms with Gasteiger partial charge in [-0.15, -0.1) is 0 Å². The van der Waals surface area contributed by atoms with Gasteiger partial charge in [-0.1, -0.05) is 133 Å². The van der Waals surface area contributed by atoms with Gasteiger partial charge in [-0.2, -0.15) is 0 Å². The Morgan fingerprint density at radius 2 is 1.14 bits per heavy atom. The number of nitrogens with zero attached hydrogens (tertiary/aromatic N) is 3. The van der Waals surface area contributed by atoms with Crippen LogP contribution in [0.5, 0.6) is 0 Å². The fraction of sp³-hybridized carbons (Fsp3) is 0. The van der Waals surface area contributed by atoms with Crippen LogP contribution in [0, 0.1) is 0 Å². The highest BCUT2D eigenvalue weighted by Crippen LogP contribution is 2.54. The maximum absolute atomic E-state index is 6.73. The van der Waals surface area contributed by atoms with Crippen molar-refractivity contribution in [2.45, 2.75) is 9.79 Å². The van der Waals surface area contributed by atoms with Gasteiger partial charge >= 0.3 is 0 Å². The Balaban J connectivity index is 1.12. The number of furan rings is 1. The van der Waals surface area contributed by atoms with E-state index in [4.69, 9.17) is 4.42 Å². The number of rotatable bonds is 7. The third-order valence-corrected chi connectivity index (χ3v) is 11.8. The van der Waals surface area contributed by atoms with Crippen molar-refractivity contribution in [3.05, 3.63) is 200 Å². The van der Waals surface area contributed by atoms with E-state index < -0.39 is 0 Å². The lowest BCUT2D eigenvalue weighted by molar-refractivity contribution is 0.669. The molecule has 0 amide bonds. The molecular weight excluding hydrogens is 703 g/mol. The molecule has 0 aliphatic carbocycles. The second kappa shape index (κ2) is 13.3. The van der Waals surface area contributed by atoms with Gasteiger partial charge in [0.15, 0.2) is 5.58 Å². The second-order valence-electron chi connectivity index (χ2n) is 13.9. The molecule has 0 spiro atoms. The summed E-state index contributed by atoms with van der Waals surface area (Å²) in [6, 6.07) is 66.9. The molecule has 0 N–H and O–H groups in total. The van der Waals surface area contributed by atoms with Crippen molar-refractivity contribution in [1.29, 1.82) is 0 Å². The molecule has 0 saturated carbocycles. The Morgan fingerprint density at radius 3 is 2.02 bits per heavy atom. The van der Waals surface area contributed by atoms with E-state index in [1.165, 1.54) is 31.7 Å². The summed E-state index contributed by atoms with van der Waals surface area (Å²) in [5, 5.41) is 4.64. The van der Waals surface area contributed by atoms with Gasteiger partial charge in [-0.05, 0) is 83.4 Å². The molecule has 56 heavy (non-hydrogen) atoms. The lowest BCUT2D eigenvalue weighted by Crippen LogP contribution is -2.13. The van der Waals surface area contributed by atoms with Gasteiger partial charge in [0, 0.05) is 54.5 Å². The Kier molecular flexibility index (Phi) is 7.71. The fourth-order valence-corrected chi connectivity index (χ4v) is 9.45. The molecule has 11 rings (SSSR count). The highest BCUT2D eigenvalue weighted by Gasteiger charge is 2.27. The van der Waals surface area contributed by atoms with E-state index in [9.17, 15) is 0 Å². The van der Waals surface area contributed by atoms with Crippen molar-refractivity contribution >= 4 is 78.6 Å². The van der Waals surface area contributed by atoms with Gasteiger partial charge in [0.05, 0.1) is 28.9 Å². The first-order chi connectivity index (χ1) is 27.8. The first kappa shape index (κ1) is 32.4. The van der Waals surface area contributed by atoms with Crippen LogP contribution in [-0.4, -0.2) is 4.98 Å². The average molecular weight is 736 g/mol. The molecule has 5 heteroatoms. The molecule has 0 unspecified atom stereocenters. The maximum Gasteiger partial charge on any atom is 0.159 e. The second-order valence-corrected chi connectivity index (χ2v) is 15.0. The summed E-state index contributed by atoms with van der Waals surface area (Å²) in [4.78, 5) is 11.6. The van der Waals surface area contributed by atoms with Gasteiger partial charge in [0.1, 0.15) is 5.58 Å². The number of aromatic nitrogens is 1. The lowest BCUT2D eigenvalue weighted by Gasteiger charge is -2.31. The zero-order chi connectivity index (χ0) is 37.0.